The Hall–Kier alpha value is -1.31. The van der Waals surface area contributed by atoms with Gasteiger partial charge < -0.3 is 4.74 Å². The van der Waals surface area contributed by atoms with E-state index in [0.717, 1.165) is 6.42 Å². The molecule has 0 aromatic heterocycles. The van der Waals surface area contributed by atoms with E-state index in [4.69, 9.17) is 4.74 Å². The fourth-order valence-corrected chi connectivity index (χ4v) is 1.82. The fraction of sp³-hybridized carbons (Fsp3) is 0.562. The summed E-state index contributed by atoms with van der Waals surface area (Å²) >= 11 is 0. The number of hydrogen-bond donors (Lipinski definition) is 0. The summed E-state index contributed by atoms with van der Waals surface area (Å²) in [6, 6.07) is 6.55. The minimum Gasteiger partial charge on any atom is -0.465 e. The van der Waals surface area contributed by atoms with E-state index in [0.29, 0.717) is 13.0 Å². The Balaban J connectivity index is 2.66. The first-order valence-corrected chi connectivity index (χ1v) is 6.60. The number of benzene rings is 1. The second-order valence-corrected chi connectivity index (χ2v) is 5.72. The first kappa shape index (κ1) is 14.7. The molecule has 18 heavy (non-hydrogen) atoms. The lowest BCUT2D eigenvalue weighted by Gasteiger charge is -2.20. The van der Waals surface area contributed by atoms with Gasteiger partial charge in [0, 0.05) is 12.8 Å². The van der Waals surface area contributed by atoms with Crippen LogP contribution in [-0.2, 0) is 21.4 Å². The van der Waals surface area contributed by atoms with Crippen LogP contribution < -0.4 is 0 Å². The number of carbonyl (C=O) groups is 1. The summed E-state index contributed by atoms with van der Waals surface area (Å²) < 4.78 is 5.11. The van der Waals surface area contributed by atoms with Crippen LogP contribution in [-0.4, -0.2) is 12.6 Å². The van der Waals surface area contributed by atoms with E-state index in [1.54, 1.807) is 0 Å². The highest BCUT2D eigenvalue weighted by Gasteiger charge is 2.14. The molecule has 1 rings (SSSR count). The summed E-state index contributed by atoms with van der Waals surface area (Å²) in [6.07, 6.45) is 1.24. The molecule has 0 heterocycles. The van der Waals surface area contributed by atoms with Gasteiger partial charge in [-0.2, -0.15) is 0 Å². The Morgan fingerprint density at radius 2 is 1.94 bits per heavy atom. The lowest BCUT2D eigenvalue weighted by atomic mass is 9.85. The number of rotatable bonds is 4. The van der Waals surface area contributed by atoms with E-state index in [1.807, 2.05) is 6.92 Å². The van der Waals surface area contributed by atoms with Crippen LogP contribution in [0.5, 0.6) is 0 Å². The van der Waals surface area contributed by atoms with E-state index < -0.39 is 0 Å². The standard InChI is InChI=1S/C16H24O2/c1-6-15(17)18-10-9-13-7-8-14(11-12(13)2)16(3,4)5/h7-8,11H,6,9-10H2,1-5H3. The zero-order chi connectivity index (χ0) is 13.8. The summed E-state index contributed by atoms with van der Waals surface area (Å²) in [5.74, 6) is -0.126. The molecule has 0 aliphatic carbocycles. The van der Waals surface area contributed by atoms with Crippen LogP contribution in [0.1, 0.15) is 50.8 Å². The van der Waals surface area contributed by atoms with Crippen LogP contribution in [0.4, 0.5) is 0 Å². The maximum Gasteiger partial charge on any atom is 0.305 e. The Morgan fingerprint density at radius 3 is 2.44 bits per heavy atom. The SMILES string of the molecule is CCC(=O)OCCc1ccc(C(C)(C)C)cc1C. The lowest BCUT2D eigenvalue weighted by molar-refractivity contribution is -0.143. The molecule has 2 nitrogen and oxygen atoms in total. The van der Waals surface area contributed by atoms with Gasteiger partial charge in [-0.3, -0.25) is 4.79 Å². The first-order valence-electron chi connectivity index (χ1n) is 6.60. The van der Waals surface area contributed by atoms with Crippen LogP contribution in [0.15, 0.2) is 18.2 Å². The van der Waals surface area contributed by atoms with Gasteiger partial charge in [0.05, 0.1) is 6.61 Å². The van der Waals surface area contributed by atoms with Gasteiger partial charge in [-0.05, 0) is 29.0 Å². The molecule has 0 saturated carbocycles. The Labute approximate surface area is 110 Å². The van der Waals surface area contributed by atoms with E-state index in [1.165, 1.54) is 16.7 Å². The second kappa shape index (κ2) is 6.03. The number of aryl methyl sites for hydroxylation is 1. The molecular formula is C16H24O2. The third-order valence-electron chi connectivity index (χ3n) is 3.13. The third-order valence-corrected chi connectivity index (χ3v) is 3.13. The normalized spacial score (nSPS) is 11.4. The largest absolute Gasteiger partial charge is 0.465 e. The number of hydrogen-bond acceptors (Lipinski definition) is 2. The molecule has 1 aromatic rings. The zero-order valence-corrected chi connectivity index (χ0v) is 12.2. The number of carbonyl (C=O) groups excluding carboxylic acids is 1. The minimum atomic E-state index is -0.126. The summed E-state index contributed by atoms with van der Waals surface area (Å²) in [6.45, 7) is 11.0. The molecule has 2 heteroatoms. The quantitative estimate of drug-likeness (QED) is 0.758. The highest BCUT2D eigenvalue weighted by atomic mass is 16.5. The maximum absolute atomic E-state index is 11.1. The highest BCUT2D eigenvalue weighted by Crippen LogP contribution is 2.24. The molecule has 0 unspecified atom stereocenters. The topological polar surface area (TPSA) is 26.3 Å². The van der Waals surface area contributed by atoms with E-state index in [9.17, 15) is 4.79 Å². The van der Waals surface area contributed by atoms with Crippen molar-refractivity contribution < 1.29 is 9.53 Å². The van der Waals surface area contributed by atoms with Crippen molar-refractivity contribution in [1.29, 1.82) is 0 Å². The molecule has 1 aromatic carbocycles. The van der Waals surface area contributed by atoms with Crippen LogP contribution in [0.25, 0.3) is 0 Å². The van der Waals surface area contributed by atoms with E-state index >= 15 is 0 Å². The van der Waals surface area contributed by atoms with Crippen molar-refractivity contribution in [2.45, 2.75) is 52.9 Å². The van der Waals surface area contributed by atoms with Gasteiger partial charge in [0.2, 0.25) is 0 Å². The fourth-order valence-electron chi connectivity index (χ4n) is 1.82. The molecule has 0 N–H and O–H groups in total. The zero-order valence-electron chi connectivity index (χ0n) is 12.2. The van der Waals surface area contributed by atoms with Gasteiger partial charge in [0.1, 0.15) is 0 Å². The Kier molecular flexibility index (Phi) is 4.94. The molecule has 0 atom stereocenters. The van der Waals surface area contributed by atoms with Crippen LogP contribution in [0.2, 0.25) is 0 Å². The highest BCUT2D eigenvalue weighted by molar-refractivity contribution is 5.68. The molecule has 0 bridgehead atoms. The van der Waals surface area contributed by atoms with Crippen molar-refractivity contribution in [2.75, 3.05) is 6.61 Å². The van der Waals surface area contributed by atoms with E-state index in [-0.39, 0.29) is 11.4 Å². The summed E-state index contributed by atoms with van der Waals surface area (Å²) in [4.78, 5) is 11.1. The van der Waals surface area contributed by atoms with Gasteiger partial charge in [-0.15, -0.1) is 0 Å². The summed E-state index contributed by atoms with van der Waals surface area (Å²) in [5, 5.41) is 0. The van der Waals surface area contributed by atoms with Gasteiger partial charge in [-0.25, -0.2) is 0 Å². The van der Waals surface area contributed by atoms with Crippen LogP contribution in [0, 0.1) is 6.92 Å². The average molecular weight is 248 g/mol. The molecule has 0 aliphatic rings. The number of ether oxygens (including phenoxy) is 1. The predicted octanol–water partition coefficient (Wildman–Crippen LogP) is 3.79. The smallest absolute Gasteiger partial charge is 0.305 e. The minimum absolute atomic E-state index is 0.126. The van der Waals surface area contributed by atoms with Crippen molar-refractivity contribution in [2.24, 2.45) is 0 Å². The second-order valence-electron chi connectivity index (χ2n) is 5.72. The average Bonchev–Trinajstić information content (AvgIpc) is 2.29. The molecular weight excluding hydrogens is 224 g/mol. The van der Waals surface area contributed by atoms with Gasteiger partial charge in [0.15, 0.2) is 0 Å². The van der Waals surface area contributed by atoms with Crippen LogP contribution in [0.3, 0.4) is 0 Å². The van der Waals surface area contributed by atoms with E-state index in [2.05, 4.69) is 45.9 Å². The summed E-state index contributed by atoms with van der Waals surface area (Å²) in [5.41, 5.74) is 4.05. The van der Waals surface area contributed by atoms with Gasteiger partial charge in [0.25, 0.3) is 0 Å². The van der Waals surface area contributed by atoms with Crippen molar-refractivity contribution in [3.05, 3.63) is 34.9 Å². The van der Waals surface area contributed by atoms with Crippen LogP contribution >= 0.6 is 0 Å². The molecule has 0 fully saturated rings. The maximum atomic E-state index is 11.1. The summed E-state index contributed by atoms with van der Waals surface area (Å²) in [7, 11) is 0. The number of esters is 1. The Morgan fingerprint density at radius 1 is 1.28 bits per heavy atom. The molecule has 0 spiro atoms. The first-order chi connectivity index (χ1) is 8.34. The predicted molar refractivity (Wildman–Crippen MR) is 74.8 cm³/mol. The molecule has 100 valence electrons. The van der Waals surface area contributed by atoms with Crippen molar-refractivity contribution in [3.63, 3.8) is 0 Å². The van der Waals surface area contributed by atoms with Crippen molar-refractivity contribution >= 4 is 5.97 Å². The Bertz CT molecular complexity index is 414. The monoisotopic (exact) mass is 248 g/mol. The molecule has 0 radical (unpaired) electrons. The van der Waals surface area contributed by atoms with Gasteiger partial charge in [-0.1, -0.05) is 45.9 Å². The lowest BCUT2D eigenvalue weighted by Crippen LogP contribution is -2.12. The third kappa shape index (κ3) is 4.17. The van der Waals surface area contributed by atoms with Crippen molar-refractivity contribution in [3.8, 4) is 0 Å². The molecule has 0 amide bonds. The molecule has 0 aliphatic heterocycles. The van der Waals surface area contributed by atoms with Crippen molar-refractivity contribution in [1.82, 2.24) is 0 Å². The van der Waals surface area contributed by atoms with Gasteiger partial charge >= 0.3 is 5.97 Å². The molecule has 0 saturated heterocycles.